The first-order valence-electron chi connectivity index (χ1n) is 13.7. The summed E-state index contributed by atoms with van der Waals surface area (Å²) < 4.78 is 0. The van der Waals surface area contributed by atoms with E-state index >= 15 is 0 Å². The van der Waals surface area contributed by atoms with Crippen molar-refractivity contribution >= 4 is 35.0 Å². The molecule has 2 aliphatic heterocycles. The molecule has 2 heterocycles. The van der Waals surface area contributed by atoms with Crippen molar-refractivity contribution in [2.45, 2.75) is 26.7 Å². The van der Waals surface area contributed by atoms with Gasteiger partial charge < -0.3 is 0 Å². The number of amides is 4. The minimum Gasteiger partial charge on any atom is -0.274 e. The fourth-order valence-corrected chi connectivity index (χ4v) is 8.45. The maximum absolute atomic E-state index is 13.3. The molecule has 8 rings (SSSR count). The summed E-state index contributed by atoms with van der Waals surface area (Å²) in [5.41, 5.74) is 4.97. The first-order valence-corrected chi connectivity index (χ1v) is 13.7. The van der Waals surface area contributed by atoms with Crippen LogP contribution in [0.25, 0.3) is 11.1 Å². The van der Waals surface area contributed by atoms with Crippen molar-refractivity contribution in [2.24, 2.45) is 47.3 Å². The molecule has 2 aromatic carbocycles. The Balaban J connectivity index is 1.08. The molecule has 6 aliphatic rings. The molecule has 2 saturated heterocycles. The van der Waals surface area contributed by atoms with Gasteiger partial charge in [0.2, 0.25) is 23.6 Å². The topological polar surface area (TPSA) is 74.8 Å². The third kappa shape index (κ3) is 2.68. The van der Waals surface area contributed by atoms with Crippen LogP contribution in [0.3, 0.4) is 0 Å². The summed E-state index contributed by atoms with van der Waals surface area (Å²) in [5.74, 6) is -0.380. The fraction of sp³-hybridized carbons (Fsp3) is 0.375. The Morgan fingerprint density at radius 1 is 0.526 bits per heavy atom. The second-order valence-electron chi connectivity index (χ2n) is 12.0. The minimum absolute atomic E-state index is 0.0683. The molecule has 4 amide bonds. The highest BCUT2D eigenvalue weighted by Crippen LogP contribution is 2.54. The van der Waals surface area contributed by atoms with E-state index in [9.17, 15) is 19.2 Å². The van der Waals surface area contributed by atoms with Crippen molar-refractivity contribution in [3.63, 3.8) is 0 Å². The number of fused-ring (bicyclic) bond motifs is 10. The highest BCUT2D eigenvalue weighted by Gasteiger charge is 2.60. The molecule has 4 fully saturated rings. The lowest BCUT2D eigenvalue weighted by molar-refractivity contribution is -0.124. The number of aryl methyl sites for hydroxylation is 2. The van der Waals surface area contributed by atoms with Crippen molar-refractivity contribution in [2.75, 3.05) is 9.80 Å². The van der Waals surface area contributed by atoms with E-state index in [-0.39, 0.29) is 71.0 Å². The molecule has 0 N–H and O–H groups in total. The lowest BCUT2D eigenvalue weighted by atomic mass is 9.85. The summed E-state index contributed by atoms with van der Waals surface area (Å²) in [7, 11) is 0. The lowest BCUT2D eigenvalue weighted by Crippen LogP contribution is -2.33. The number of benzene rings is 2. The van der Waals surface area contributed by atoms with Crippen molar-refractivity contribution < 1.29 is 19.2 Å². The predicted molar refractivity (Wildman–Crippen MR) is 142 cm³/mol. The molecule has 6 heteroatoms. The van der Waals surface area contributed by atoms with Gasteiger partial charge in [0.1, 0.15) is 0 Å². The van der Waals surface area contributed by atoms with Gasteiger partial charge in [0.05, 0.1) is 35.0 Å². The number of hydrogen-bond acceptors (Lipinski definition) is 4. The number of anilines is 2. The summed E-state index contributed by atoms with van der Waals surface area (Å²) in [6.07, 6.45) is 10.3. The van der Waals surface area contributed by atoms with Crippen LogP contribution in [0.15, 0.2) is 60.7 Å². The van der Waals surface area contributed by atoms with E-state index in [4.69, 9.17) is 0 Å². The van der Waals surface area contributed by atoms with Gasteiger partial charge in [-0.3, -0.25) is 19.2 Å². The van der Waals surface area contributed by atoms with E-state index in [1.54, 1.807) is 0 Å². The fourth-order valence-electron chi connectivity index (χ4n) is 8.45. The van der Waals surface area contributed by atoms with Gasteiger partial charge in [0, 0.05) is 0 Å². The zero-order valence-corrected chi connectivity index (χ0v) is 21.3. The molecule has 0 radical (unpaired) electrons. The first kappa shape index (κ1) is 22.2. The van der Waals surface area contributed by atoms with Crippen LogP contribution >= 0.6 is 0 Å². The zero-order valence-electron chi connectivity index (χ0n) is 21.3. The van der Waals surface area contributed by atoms with Crippen LogP contribution in [-0.4, -0.2) is 23.6 Å². The van der Waals surface area contributed by atoms with Gasteiger partial charge >= 0.3 is 0 Å². The molecule has 6 nitrogen and oxygen atoms in total. The maximum atomic E-state index is 13.3. The maximum Gasteiger partial charge on any atom is 0.238 e. The van der Waals surface area contributed by atoms with Gasteiger partial charge in [-0.2, -0.15) is 0 Å². The number of hydrogen-bond donors (Lipinski definition) is 0. The van der Waals surface area contributed by atoms with Crippen molar-refractivity contribution in [3.05, 3.63) is 71.8 Å². The monoisotopic (exact) mass is 504 g/mol. The van der Waals surface area contributed by atoms with E-state index in [1.807, 2.05) is 50.2 Å². The molecule has 0 unspecified atom stereocenters. The number of nitrogens with zero attached hydrogens (tertiary/aromatic N) is 2. The van der Waals surface area contributed by atoms with Crippen LogP contribution in [0, 0.1) is 61.2 Å². The molecule has 0 aromatic heterocycles. The molecule has 0 spiro atoms. The zero-order chi connectivity index (χ0) is 26.0. The Labute approximate surface area is 221 Å². The summed E-state index contributed by atoms with van der Waals surface area (Å²) in [6.45, 7) is 3.87. The molecule has 8 atom stereocenters. The van der Waals surface area contributed by atoms with E-state index in [2.05, 4.69) is 24.3 Å². The van der Waals surface area contributed by atoms with Crippen LogP contribution in [0.1, 0.15) is 24.0 Å². The third-order valence-electron chi connectivity index (χ3n) is 10.1. The predicted octanol–water partition coefficient (Wildman–Crippen LogP) is 4.59. The first-order chi connectivity index (χ1) is 18.3. The summed E-state index contributed by atoms with van der Waals surface area (Å²) in [5, 5.41) is 0. The second-order valence-corrected chi connectivity index (χ2v) is 12.0. The number of carbonyl (C=O) groups is 4. The number of imide groups is 2. The lowest BCUT2D eigenvalue weighted by Gasteiger charge is -2.21. The highest BCUT2D eigenvalue weighted by atomic mass is 16.2. The molecule has 2 saturated carbocycles. The highest BCUT2D eigenvalue weighted by molar-refractivity contribution is 6.24. The average Bonchev–Trinajstić information content (AvgIpc) is 3.74. The van der Waals surface area contributed by atoms with Crippen molar-refractivity contribution in [1.82, 2.24) is 0 Å². The Morgan fingerprint density at radius 2 is 0.842 bits per heavy atom. The minimum atomic E-state index is -0.215. The Hall–Kier alpha value is -3.80. The normalized spacial score (nSPS) is 35.8. The van der Waals surface area contributed by atoms with Gasteiger partial charge in [0.25, 0.3) is 0 Å². The van der Waals surface area contributed by atoms with Crippen LogP contribution in [0.5, 0.6) is 0 Å². The van der Waals surface area contributed by atoms with E-state index in [0.29, 0.717) is 11.4 Å². The molecule has 4 bridgehead atoms. The van der Waals surface area contributed by atoms with Gasteiger partial charge in [-0.05, 0) is 96.9 Å². The Bertz CT molecular complexity index is 1380. The Kier molecular flexibility index (Phi) is 4.33. The molecular weight excluding hydrogens is 476 g/mol. The van der Waals surface area contributed by atoms with Crippen molar-refractivity contribution in [1.29, 1.82) is 0 Å². The second kappa shape index (κ2) is 7.40. The average molecular weight is 505 g/mol. The number of rotatable bonds is 3. The van der Waals surface area contributed by atoms with Gasteiger partial charge in [-0.15, -0.1) is 0 Å². The standard InChI is InChI=1S/C32H28N2O4/c1-15-11-17(7-9-23(15)33-29(35)25-19-3-4-20(13-19)26(25)30(33)36)18-8-10-24(16(2)12-18)34-31(37)27-21-5-6-22(14-21)28(27)32(34)38/h3-12,19-22,25-28H,13-14H2,1-2H3/t19-,20-,21-,22-,25+,26+,27+,28+/m0/s1. The van der Waals surface area contributed by atoms with Gasteiger partial charge in [0.15, 0.2) is 0 Å². The molecular formula is C32H28N2O4. The van der Waals surface area contributed by atoms with Gasteiger partial charge in [-0.1, -0.05) is 36.4 Å². The van der Waals surface area contributed by atoms with E-state index in [1.165, 1.54) is 9.80 Å². The Morgan fingerprint density at radius 3 is 1.13 bits per heavy atom. The van der Waals surface area contributed by atoms with Gasteiger partial charge in [-0.25, -0.2) is 9.80 Å². The molecule has 190 valence electrons. The summed E-state index contributed by atoms with van der Waals surface area (Å²) in [4.78, 5) is 56.0. The number of allylic oxidation sites excluding steroid dienone is 4. The molecule has 2 aromatic rings. The van der Waals surface area contributed by atoms with Crippen LogP contribution in [0.2, 0.25) is 0 Å². The summed E-state index contributed by atoms with van der Waals surface area (Å²) in [6, 6.07) is 11.6. The summed E-state index contributed by atoms with van der Waals surface area (Å²) >= 11 is 0. The quantitative estimate of drug-likeness (QED) is 0.453. The SMILES string of the molecule is Cc1cc(-c2ccc(N3C(=O)[C@H]4[C@H](C3=O)[C@H]3C=C[C@H]4C3)c(C)c2)ccc1N1C(=O)[C@H]2[C@H](C1=O)[C@H]1C=C[C@H]2C1. The molecule has 38 heavy (non-hydrogen) atoms. The third-order valence-corrected chi connectivity index (χ3v) is 10.1. The smallest absolute Gasteiger partial charge is 0.238 e. The van der Waals surface area contributed by atoms with E-state index in [0.717, 1.165) is 35.1 Å². The van der Waals surface area contributed by atoms with Crippen LogP contribution in [0.4, 0.5) is 11.4 Å². The van der Waals surface area contributed by atoms with Crippen LogP contribution in [-0.2, 0) is 19.2 Å². The van der Waals surface area contributed by atoms with Crippen LogP contribution < -0.4 is 9.80 Å². The van der Waals surface area contributed by atoms with E-state index < -0.39 is 0 Å². The number of carbonyl (C=O) groups excluding carboxylic acids is 4. The van der Waals surface area contributed by atoms with Crippen molar-refractivity contribution in [3.8, 4) is 11.1 Å². The molecule has 4 aliphatic carbocycles. The largest absolute Gasteiger partial charge is 0.274 e.